The molecule has 10 nitrogen and oxygen atoms in total. The van der Waals surface area contributed by atoms with Crippen LogP contribution < -0.4 is 10.6 Å². The number of hydrogen-bond acceptors (Lipinski definition) is 7. The van der Waals surface area contributed by atoms with Crippen molar-refractivity contribution in [1.82, 2.24) is 20.5 Å². The van der Waals surface area contributed by atoms with Crippen molar-refractivity contribution in [3.05, 3.63) is 28.0 Å². The Bertz CT molecular complexity index is 939. The van der Waals surface area contributed by atoms with Gasteiger partial charge in [-0.25, -0.2) is 0 Å². The molecule has 3 amide bonds. The summed E-state index contributed by atoms with van der Waals surface area (Å²) in [6.45, 7) is 6.02. The molecule has 0 aliphatic carbocycles. The molecule has 1 aromatic rings. The molecule has 2 saturated heterocycles. The van der Waals surface area contributed by atoms with Crippen LogP contribution >= 0.6 is 23.2 Å². The third-order valence-corrected chi connectivity index (χ3v) is 6.33. The van der Waals surface area contributed by atoms with E-state index in [4.69, 9.17) is 32.7 Å². The van der Waals surface area contributed by atoms with Gasteiger partial charge in [-0.2, -0.15) is 0 Å². The lowest BCUT2D eigenvalue weighted by atomic mass is 10.0. The molecule has 0 aromatic carbocycles. The van der Waals surface area contributed by atoms with E-state index in [1.165, 1.54) is 17.3 Å². The molecule has 0 bridgehead atoms. The Morgan fingerprint density at radius 3 is 2.56 bits per heavy atom. The summed E-state index contributed by atoms with van der Waals surface area (Å²) >= 11 is 12.2. The Kier molecular flexibility index (Phi) is 8.72. The van der Waals surface area contributed by atoms with Crippen LogP contribution in [0.1, 0.15) is 50.4 Å². The van der Waals surface area contributed by atoms with Crippen molar-refractivity contribution in [2.45, 2.75) is 64.4 Å². The Hall–Kier alpha value is -2.43. The van der Waals surface area contributed by atoms with Crippen LogP contribution in [0.2, 0.25) is 10.0 Å². The lowest BCUT2D eigenvalue weighted by Gasteiger charge is -2.31. The average molecular weight is 515 g/mol. The summed E-state index contributed by atoms with van der Waals surface area (Å²) in [6.07, 6.45) is 2.81. The zero-order valence-corrected chi connectivity index (χ0v) is 20.7. The molecule has 0 spiro atoms. The van der Waals surface area contributed by atoms with Gasteiger partial charge in [0, 0.05) is 25.5 Å². The van der Waals surface area contributed by atoms with Crippen LogP contribution in [-0.4, -0.2) is 71.1 Å². The summed E-state index contributed by atoms with van der Waals surface area (Å²) in [5, 5.41) is 5.63. The standard InChI is InChI=1S/C22H28Cl2N4O6/c1-4-33-22-14(8-16(29)34-22)26-19(30)15-6-5-7-28(15)21(32)18(11(2)3)27-20(31)17-12(23)9-25-10-13(17)24/h9-11,14-15,18,22H,4-8H2,1-3H3,(H,26,30)(H,27,31)/t14-,15+,18+,22-/m1/s1. The van der Waals surface area contributed by atoms with E-state index in [0.29, 0.717) is 26.0 Å². The topological polar surface area (TPSA) is 127 Å². The molecule has 4 atom stereocenters. The van der Waals surface area contributed by atoms with E-state index in [1.54, 1.807) is 20.8 Å². The van der Waals surface area contributed by atoms with Crippen LogP contribution in [-0.2, 0) is 23.9 Å². The fourth-order valence-electron chi connectivity index (χ4n) is 4.08. The highest BCUT2D eigenvalue weighted by atomic mass is 35.5. The van der Waals surface area contributed by atoms with Crippen LogP contribution in [0.5, 0.6) is 0 Å². The number of nitrogens with one attached hydrogen (secondary N) is 2. The number of carbonyl (C=O) groups is 4. The monoisotopic (exact) mass is 514 g/mol. The minimum atomic E-state index is -0.909. The third kappa shape index (κ3) is 5.79. The molecular weight excluding hydrogens is 487 g/mol. The molecule has 0 radical (unpaired) electrons. The zero-order valence-electron chi connectivity index (χ0n) is 19.2. The van der Waals surface area contributed by atoms with Crippen molar-refractivity contribution in [3.63, 3.8) is 0 Å². The van der Waals surface area contributed by atoms with Crippen molar-refractivity contribution < 1.29 is 28.7 Å². The van der Waals surface area contributed by atoms with Crippen molar-refractivity contribution >= 4 is 46.9 Å². The first kappa shape index (κ1) is 26.2. The number of cyclic esters (lactones) is 1. The van der Waals surface area contributed by atoms with Crippen LogP contribution in [0.25, 0.3) is 0 Å². The number of aromatic nitrogens is 1. The number of nitrogens with zero attached hydrogens (tertiary/aromatic N) is 2. The second kappa shape index (κ2) is 11.3. The maximum atomic E-state index is 13.4. The van der Waals surface area contributed by atoms with E-state index in [9.17, 15) is 19.2 Å². The summed E-state index contributed by atoms with van der Waals surface area (Å²) in [5.74, 6) is -2.12. The predicted octanol–water partition coefficient (Wildman–Crippen LogP) is 1.93. The maximum absolute atomic E-state index is 13.4. The fourth-order valence-corrected chi connectivity index (χ4v) is 4.62. The molecule has 0 saturated carbocycles. The SMILES string of the molecule is CCO[C@@H]1OC(=O)C[C@H]1NC(=O)[C@@H]1CCCN1C(=O)[C@@H](NC(=O)c1c(Cl)cncc1Cl)C(C)C. The van der Waals surface area contributed by atoms with Gasteiger partial charge in [0.05, 0.1) is 22.0 Å². The highest BCUT2D eigenvalue weighted by Gasteiger charge is 2.42. The number of ether oxygens (including phenoxy) is 2. The van der Waals surface area contributed by atoms with Gasteiger partial charge in [0.1, 0.15) is 18.1 Å². The summed E-state index contributed by atoms with van der Waals surface area (Å²) in [6, 6.07) is -2.28. The van der Waals surface area contributed by atoms with E-state index in [-0.39, 0.29) is 33.9 Å². The quantitative estimate of drug-likeness (QED) is 0.507. The van der Waals surface area contributed by atoms with Crippen LogP contribution in [0.3, 0.4) is 0 Å². The number of rotatable bonds is 8. The molecule has 3 rings (SSSR count). The van der Waals surface area contributed by atoms with Crippen LogP contribution in [0.4, 0.5) is 0 Å². The van der Waals surface area contributed by atoms with Gasteiger partial charge < -0.3 is 25.0 Å². The molecule has 12 heteroatoms. The first-order chi connectivity index (χ1) is 16.1. The molecule has 2 fully saturated rings. The average Bonchev–Trinajstić information content (AvgIpc) is 3.38. The van der Waals surface area contributed by atoms with Crippen molar-refractivity contribution in [2.75, 3.05) is 13.2 Å². The van der Waals surface area contributed by atoms with Crippen LogP contribution in [0.15, 0.2) is 12.4 Å². The van der Waals surface area contributed by atoms with E-state index in [2.05, 4.69) is 15.6 Å². The Morgan fingerprint density at radius 1 is 1.26 bits per heavy atom. The summed E-state index contributed by atoms with van der Waals surface area (Å²) < 4.78 is 10.5. The summed E-state index contributed by atoms with van der Waals surface area (Å²) in [4.78, 5) is 56.3. The summed E-state index contributed by atoms with van der Waals surface area (Å²) in [5.41, 5.74) is 0.0281. The zero-order chi connectivity index (χ0) is 25.0. The number of likely N-dealkylation sites (tertiary alicyclic amines) is 1. The number of esters is 1. The Morgan fingerprint density at radius 2 is 1.94 bits per heavy atom. The van der Waals surface area contributed by atoms with Crippen molar-refractivity contribution in [3.8, 4) is 0 Å². The normalized spacial score (nSPS) is 23.1. The smallest absolute Gasteiger partial charge is 0.310 e. The van der Waals surface area contributed by atoms with Gasteiger partial charge >= 0.3 is 5.97 Å². The fraction of sp³-hybridized carbons (Fsp3) is 0.591. The van der Waals surface area contributed by atoms with E-state index < -0.39 is 42.2 Å². The second-order valence-electron chi connectivity index (χ2n) is 8.50. The van der Waals surface area contributed by atoms with Gasteiger partial charge in [-0.15, -0.1) is 0 Å². The van der Waals surface area contributed by atoms with Crippen molar-refractivity contribution in [1.29, 1.82) is 0 Å². The van der Waals surface area contributed by atoms with Crippen molar-refractivity contribution in [2.24, 2.45) is 5.92 Å². The Labute approximate surface area is 207 Å². The van der Waals surface area contributed by atoms with Gasteiger partial charge in [-0.1, -0.05) is 37.0 Å². The van der Waals surface area contributed by atoms with Gasteiger partial charge in [-0.3, -0.25) is 24.2 Å². The number of carbonyl (C=O) groups excluding carboxylic acids is 4. The third-order valence-electron chi connectivity index (χ3n) is 5.76. The molecule has 2 aliphatic rings. The maximum Gasteiger partial charge on any atom is 0.310 e. The lowest BCUT2D eigenvalue weighted by Crippen LogP contribution is -2.56. The molecule has 2 N–H and O–H groups in total. The van der Waals surface area contributed by atoms with Gasteiger partial charge in [0.25, 0.3) is 5.91 Å². The largest absolute Gasteiger partial charge is 0.433 e. The first-order valence-electron chi connectivity index (χ1n) is 11.2. The minimum Gasteiger partial charge on any atom is -0.433 e. The highest BCUT2D eigenvalue weighted by Crippen LogP contribution is 2.25. The summed E-state index contributed by atoms with van der Waals surface area (Å²) in [7, 11) is 0. The van der Waals surface area contributed by atoms with Gasteiger partial charge in [0.2, 0.25) is 18.1 Å². The van der Waals surface area contributed by atoms with Crippen LogP contribution in [0, 0.1) is 5.92 Å². The number of hydrogen-bond donors (Lipinski definition) is 2. The molecular formula is C22H28Cl2N4O6. The van der Waals surface area contributed by atoms with E-state index >= 15 is 0 Å². The number of pyridine rings is 1. The molecule has 1 aromatic heterocycles. The first-order valence-corrected chi connectivity index (χ1v) is 11.9. The second-order valence-corrected chi connectivity index (χ2v) is 9.31. The highest BCUT2D eigenvalue weighted by molar-refractivity contribution is 6.39. The predicted molar refractivity (Wildman–Crippen MR) is 123 cm³/mol. The molecule has 2 aliphatic heterocycles. The molecule has 34 heavy (non-hydrogen) atoms. The van der Waals surface area contributed by atoms with E-state index in [1.807, 2.05) is 0 Å². The minimum absolute atomic E-state index is 0.00476. The van der Waals surface area contributed by atoms with E-state index in [0.717, 1.165) is 0 Å². The number of halogens is 2. The van der Waals surface area contributed by atoms with Gasteiger partial charge in [0.15, 0.2) is 0 Å². The lowest BCUT2D eigenvalue weighted by molar-refractivity contribution is -0.164. The molecule has 3 heterocycles. The molecule has 186 valence electrons. The van der Waals surface area contributed by atoms with Gasteiger partial charge in [-0.05, 0) is 25.7 Å². The molecule has 0 unspecified atom stereocenters. The number of amides is 3. The Balaban J connectivity index is 1.72.